The van der Waals surface area contributed by atoms with E-state index in [0.717, 1.165) is 5.56 Å². The van der Waals surface area contributed by atoms with Gasteiger partial charge >= 0.3 is 5.97 Å². The van der Waals surface area contributed by atoms with Gasteiger partial charge in [-0.3, -0.25) is 9.59 Å². The molecule has 0 amide bonds. The average Bonchev–Trinajstić information content (AvgIpc) is 3.15. The fraction of sp³-hybridized carbons (Fsp3) is 0.273. The molecule has 0 bridgehead atoms. The van der Waals surface area contributed by atoms with Crippen LogP contribution in [0.15, 0.2) is 57.7 Å². The molecule has 6 heteroatoms. The number of benzene rings is 2. The van der Waals surface area contributed by atoms with Crippen molar-refractivity contribution in [3.05, 3.63) is 64.3 Å². The second kappa shape index (κ2) is 5.45. The predicted octanol–water partition coefficient (Wildman–Crippen LogP) is 2.79. The summed E-state index contributed by atoms with van der Waals surface area (Å²) in [7, 11) is 0. The molecule has 2 aliphatic heterocycles. The Labute approximate surface area is 160 Å². The van der Waals surface area contributed by atoms with Crippen molar-refractivity contribution in [2.45, 2.75) is 31.0 Å². The Hall–Kier alpha value is -3.12. The van der Waals surface area contributed by atoms with Gasteiger partial charge in [0.25, 0.3) is 0 Å². The minimum absolute atomic E-state index is 0.0653. The molecule has 28 heavy (non-hydrogen) atoms. The summed E-state index contributed by atoms with van der Waals surface area (Å²) in [5.41, 5.74) is -1.38. The van der Waals surface area contributed by atoms with Crippen LogP contribution in [0.4, 0.5) is 0 Å². The minimum Gasteiger partial charge on any atom is -0.491 e. The normalized spacial score (nSPS) is 25.0. The van der Waals surface area contributed by atoms with E-state index in [2.05, 4.69) is 0 Å². The molecule has 142 valence electrons. The van der Waals surface area contributed by atoms with Gasteiger partial charge in [-0.15, -0.1) is 0 Å². The van der Waals surface area contributed by atoms with Crippen LogP contribution in [0.5, 0.6) is 5.75 Å². The molecule has 3 aromatic rings. The van der Waals surface area contributed by atoms with Crippen molar-refractivity contribution in [1.82, 2.24) is 0 Å². The zero-order valence-electron chi connectivity index (χ0n) is 15.4. The molecule has 1 spiro atoms. The first-order valence-electron chi connectivity index (χ1n) is 9.06. The fourth-order valence-corrected chi connectivity index (χ4v) is 4.22. The van der Waals surface area contributed by atoms with Crippen molar-refractivity contribution in [3.63, 3.8) is 0 Å². The van der Waals surface area contributed by atoms with Crippen LogP contribution in [0.2, 0.25) is 0 Å². The minimum atomic E-state index is -1.43. The number of hydrogen-bond donors (Lipinski definition) is 1. The van der Waals surface area contributed by atoms with Gasteiger partial charge in [0.1, 0.15) is 35.4 Å². The molecule has 2 aliphatic rings. The summed E-state index contributed by atoms with van der Waals surface area (Å²) in [4.78, 5) is 25.7. The van der Waals surface area contributed by atoms with Crippen molar-refractivity contribution in [3.8, 4) is 17.1 Å². The first-order valence-corrected chi connectivity index (χ1v) is 9.06. The summed E-state index contributed by atoms with van der Waals surface area (Å²) in [5, 5.41) is 11.3. The van der Waals surface area contributed by atoms with Gasteiger partial charge in [-0.25, -0.2) is 0 Å². The highest BCUT2D eigenvalue weighted by Gasteiger charge is 2.66. The number of rotatable bonds is 1. The van der Waals surface area contributed by atoms with E-state index in [1.807, 2.05) is 30.3 Å². The molecule has 2 atom stereocenters. The van der Waals surface area contributed by atoms with Gasteiger partial charge in [0.2, 0.25) is 0 Å². The first-order chi connectivity index (χ1) is 13.3. The number of aliphatic hydroxyl groups is 1. The Balaban J connectivity index is 1.84. The molecule has 1 saturated heterocycles. The lowest BCUT2D eigenvalue weighted by molar-refractivity contribution is -0.150. The molecule has 5 rings (SSSR count). The number of aliphatic hydroxyl groups excluding tert-OH is 1. The largest absolute Gasteiger partial charge is 0.491 e. The van der Waals surface area contributed by atoms with Gasteiger partial charge in [-0.2, -0.15) is 0 Å². The molecule has 0 radical (unpaired) electrons. The van der Waals surface area contributed by atoms with Crippen LogP contribution in [-0.2, 0) is 14.9 Å². The molecule has 0 aliphatic carbocycles. The summed E-state index contributed by atoms with van der Waals surface area (Å²) < 4.78 is 17.3. The predicted molar refractivity (Wildman–Crippen MR) is 101 cm³/mol. The van der Waals surface area contributed by atoms with E-state index in [1.54, 1.807) is 26.0 Å². The maximum absolute atomic E-state index is 12.9. The molecular formula is C22H18O6. The second-order valence-corrected chi connectivity index (χ2v) is 7.81. The average molecular weight is 378 g/mol. The standard InChI is InChI=1S/C22H18O6/c1-21(2)19(24)22(20(25)28-21)11-26-15-9-8-13-14(23)10-16(27-18(13)17(15)22)12-6-4-3-5-7-12/h3-10,19,24H,11H2,1-2H3/t19-,22-/m0/s1. The number of esters is 1. The van der Waals surface area contributed by atoms with Crippen molar-refractivity contribution < 1.29 is 23.8 Å². The molecule has 0 saturated carbocycles. The topological polar surface area (TPSA) is 86.0 Å². The van der Waals surface area contributed by atoms with Crippen molar-refractivity contribution in [2.75, 3.05) is 6.61 Å². The van der Waals surface area contributed by atoms with E-state index in [-0.39, 0.29) is 17.6 Å². The highest BCUT2D eigenvalue weighted by atomic mass is 16.6. The van der Waals surface area contributed by atoms with Crippen LogP contribution < -0.4 is 10.2 Å². The van der Waals surface area contributed by atoms with Gasteiger partial charge < -0.3 is 19.0 Å². The van der Waals surface area contributed by atoms with E-state index >= 15 is 0 Å². The number of hydrogen-bond acceptors (Lipinski definition) is 6. The molecular weight excluding hydrogens is 360 g/mol. The number of carbonyl (C=O) groups is 1. The van der Waals surface area contributed by atoms with Gasteiger partial charge in [0.15, 0.2) is 10.8 Å². The number of carbonyl (C=O) groups excluding carboxylic acids is 1. The SMILES string of the molecule is CC1(C)OC(=O)[C@]2(COc3ccc4c(=O)cc(-c5ccccc5)oc4c32)[C@H]1O. The molecule has 3 heterocycles. The summed E-state index contributed by atoms with van der Waals surface area (Å²) in [6.45, 7) is 3.24. The van der Waals surface area contributed by atoms with Crippen molar-refractivity contribution >= 4 is 16.9 Å². The van der Waals surface area contributed by atoms with Crippen LogP contribution in [-0.4, -0.2) is 29.4 Å². The van der Waals surface area contributed by atoms with E-state index in [1.165, 1.54) is 6.07 Å². The van der Waals surface area contributed by atoms with Gasteiger partial charge in [0, 0.05) is 11.6 Å². The monoisotopic (exact) mass is 378 g/mol. The number of cyclic esters (lactones) is 1. The van der Waals surface area contributed by atoms with Crippen molar-refractivity contribution in [2.24, 2.45) is 0 Å². The van der Waals surface area contributed by atoms with Crippen molar-refractivity contribution in [1.29, 1.82) is 0 Å². The zero-order chi connectivity index (χ0) is 19.7. The molecule has 1 fully saturated rings. The number of ether oxygens (including phenoxy) is 2. The first kappa shape index (κ1) is 17.0. The molecule has 1 N–H and O–H groups in total. The van der Waals surface area contributed by atoms with Gasteiger partial charge in [-0.05, 0) is 26.0 Å². The maximum Gasteiger partial charge on any atom is 0.323 e. The fourth-order valence-electron chi connectivity index (χ4n) is 4.22. The molecule has 6 nitrogen and oxygen atoms in total. The van der Waals surface area contributed by atoms with Crippen LogP contribution in [0.3, 0.4) is 0 Å². The zero-order valence-corrected chi connectivity index (χ0v) is 15.4. The third kappa shape index (κ3) is 2.06. The van der Waals surface area contributed by atoms with Gasteiger partial charge in [0.05, 0.1) is 10.9 Å². The van der Waals surface area contributed by atoms with Crippen LogP contribution in [0.25, 0.3) is 22.3 Å². The third-order valence-electron chi connectivity index (χ3n) is 5.66. The Morgan fingerprint density at radius 3 is 2.50 bits per heavy atom. The highest BCUT2D eigenvalue weighted by Crippen LogP contribution is 2.52. The highest BCUT2D eigenvalue weighted by molar-refractivity contribution is 5.96. The van der Waals surface area contributed by atoms with E-state index in [9.17, 15) is 14.7 Å². The summed E-state index contributed by atoms with van der Waals surface area (Å²) in [6, 6.07) is 13.9. The maximum atomic E-state index is 12.9. The lowest BCUT2D eigenvalue weighted by Gasteiger charge is -2.26. The summed E-state index contributed by atoms with van der Waals surface area (Å²) >= 11 is 0. The van der Waals surface area contributed by atoms with Crippen LogP contribution in [0.1, 0.15) is 19.4 Å². The molecule has 1 aromatic heterocycles. The number of fused-ring (bicyclic) bond motifs is 4. The third-order valence-corrected chi connectivity index (χ3v) is 5.66. The summed E-state index contributed by atoms with van der Waals surface area (Å²) in [5.74, 6) is 0.215. The lowest BCUT2D eigenvalue weighted by Crippen LogP contribution is -2.47. The van der Waals surface area contributed by atoms with Crippen LogP contribution in [0, 0.1) is 0 Å². The Kier molecular flexibility index (Phi) is 3.31. The van der Waals surface area contributed by atoms with Gasteiger partial charge in [-0.1, -0.05) is 30.3 Å². The lowest BCUT2D eigenvalue weighted by atomic mass is 9.74. The smallest absolute Gasteiger partial charge is 0.323 e. The Morgan fingerprint density at radius 2 is 1.82 bits per heavy atom. The molecule has 2 aromatic carbocycles. The molecule has 0 unspecified atom stereocenters. The quantitative estimate of drug-likeness (QED) is 0.656. The Bertz CT molecular complexity index is 1180. The Morgan fingerprint density at radius 1 is 1.07 bits per heavy atom. The van der Waals surface area contributed by atoms with E-state index in [0.29, 0.717) is 22.5 Å². The van der Waals surface area contributed by atoms with E-state index < -0.39 is 23.1 Å². The second-order valence-electron chi connectivity index (χ2n) is 7.81. The summed E-state index contributed by atoms with van der Waals surface area (Å²) in [6.07, 6.45) is -1.15. The van der Waals surface area contributed by atoms with E-state index in [4.69, 9.17) is 13.9 Å². The van der Waals surface area contributed by atoms with Crippen LogP contribution >= 0.6 is 0 Å².